The highest BCUT2D eigenvalue weighted by Crippen LogP contribution is 2.26. The van der Waals surface area contributed by atoms with Gasteiger partial charge in [0.1, 0.15) is 6.04 Å². The van der Waals surface area contributed by atoms with Gasteiger partial charge in [-0.05, 0) is 23.9 Å². The molecular formula is C15H14N2O2. The second kappa shape index (κ2) is 4.39. The first-order valence-corrected chi connectivity index (χ1v) is 6.19. The summed E-state index contributed by atoms with van der Waals surface area (Å²) in [6.45, 7) is 0.590. The largest absolute Gasteiger partial charge is 0.387 e. The van der Waals surface area contributed by atoms with Crippen LogP contribution in [-0.2, 0) is 0 Å². The molecule has 4 heteroatoms. The summed E-state index contributed by atoms with van der Waals surface area (Å²) in [5.41, 5.74) is 1.93. The molecule has 0 saturated heterocycles. The highest BCUT2D eigenvalue weighted by atomic mass is 16.2. The first-order valence-electron chi connectivity index (χ1n) is 6.19. The average Bonchev–Trinajstić information content (AvgIpc) is 2.46. The molecule has 0 aromatic heterocycles. The van der Waals surface area contributed by atoms with Crippen LogP contribution in [0, 0.1) is 0 Å². The molecule has 1 aromatic carbocycles. The van der Waals surface area contributed by atoms with Crippen LogP contribution in [0.2, 0.25) is 0 Å². The highest BCUT2D eigenvalue weighted by Gasteiger charge is 2.38. The Balaban J connectivity index is 2.09. The number of allylic oxidation sites excluding steroid dienone is 2. The van der Waals surface area contributed by atoms with Gasteiger partial charge in [-0.25, -0.2) is 0 Å². The predicted octanol–water partition coefficient (Wildman–Crippen LogP) is 1.37. The van der Waals surface area contributed by atoms with E-state index in [-0.39, 0.29) is 11.7 Å². The molecule has 1 unspecified atom stereocenters. The summed E-state index contributed by atoms with van der Waals surface area (Å²) in [6.07, 6.45) is 5.58. The summed E-state index contributed by atoms with van der Waals surface area (Å²) in [4.78, 5) is 26.4. The third kappa shape index (κ3) is 1.76. The highest BCUT2D eigenvalue weighted by molar-refractivity contribution is 6.16. The van der Waals surface area contributed by atoms with E-state index >= 15 is 0 Å². The van der Waals surface area contributed by atoms with Crippen LogP contribution in [-0.4, -0.2) is 36.2 Å². The van der Waals surface area contributed by atoms with Crippen molar-refractivity contribution >= 4 is 11.7 Å². The second-order valence-corrected chi connectivity index (χ2v) is 4.71. The van der Waals surface area contributed by atoms with Gasteiger partial charge in [-0.15, -0.1) is 0 Å². The number of amides is 1. The van der Waals surface area contributed by atoms with Crippen molar-refractivity contribution in [2.75, 3.05) is 13.6 Å². The number of ketones is 1. The van der Waals surface area contributed by atoms with Crippen molar-refractivity contribution in [3.8, 4) is 0 Å². The maximum absolute atomic E-state index is 12.6. The van der Waals surface area contributed by atoms with Crippen molar-refractivity contribution in [3.05, 3.63) is 59.3 Å². The molecule has 2 aliphatic rings. The summed E-state index contributed by atoms with van der Waals surface area (Å²) >= 11 is 0. The molecule has 19 heavy (non-hydrogen) atoms. The summed E-state index contributed by atoms with van der Waals surface area (Å²) in [6, 6.07) is 6.50. The van der Waals surface area contributed by atoms with Crippen LogP contribution < -0.4 is 5.32 Å². The van der Waals surface area contributed by atoms with E-state index in [2.05, 4.69) is 5.32 Å². The Labute approximate surface area is 111 Å². The number of likely N-dealkylation sites (N-methyl/N-ethyl adjacent to an activating group) is 1. The number of benzene rings is 1. The molecule has 0 saturated carbocycles. The van der Waals surface area contributed by atoms with Crippen molar-refractivity contribution in [2.45, 2.75) is 6.04 Å². The first-order chi connectivity index (χ1) is 9.20. The number of dihydropyridines is 1. The van der Waals surface area contributed by atoms with Gasteiger partial charge < -0.3 is 10.2 Å². The van der Waals surface area contributed by atoms with E-state index in [4.69, 9.17) is 0 Å². The molecule has 3 rings (SSSR count). The number of fused-ring (bicyclic) bond motifs is 1. The molecule has 1 aromatic rings. The molecule has 96 valence electrons. The Kier molecular flexibility index (Phi) is 2.71. The van der Waals surface area contributed by atoms with Gasteiger partial charge in [0.15, 0.2) is 5.78 Å². The molecule has 0 radical (unpaired) electrons. The molecule has 1 amide bonds. The molecule has 0 fully saturated rings. The predicted molar refractivity (Wildman–Crippen MR) is 71.9 cm³/mol. The Hall–Kier alpha value is -2.36. The number of nitrogens with zero attached hydrogens (tertiary/aromatic N) is 1. The van der Waals surface area contributed by atoms with Crippen molar-refractivity contribution in [1.82, 2.24) is 10.2 Å². The average molecular weight is 254 g/mol. The van der Waals surface area contributed by atoms with Gasteiger partial charge in [0.2, 0.25) is 0 Å². The molecule has 2 aliphatic heterocycles. The molecule has 1 atom stereocenters. The van der Waals surface area contributed by atoms with Gasteiger partial charge in [-0.3, -0.25) is 9.59 Å². The molecule has 0 aliphatic carbocycles. The standard InChI is InChI=1S/C15H14N2O2/c1-17-13(10-5-4-8-16-9-10)14(18)11-6-2-3-7-12(11)15(17)19/h2-8,13,16H,9H2,1H3. The zero-order valence-electron chi connectivity index (χ0n) is 10.6. The minimum atomic E-state index is -0.500. The lowest BCUT2D eigenvalue weighted by molar-refractivity contribution is 0.0655. The van der Waals surface area contributed by atoms with Gasteiger partial charge in [-0.2, -0.15) is 0 Å². The smallest absolute Gasteiger partial charge is 0.255 e. The van der Waals surface area contributed by atoms with Gasteiger partial charge in [0.05, 0.1) is 5.56 Å². The minimum Gasteiger partial charge on any atom is -0.387 e. The quantitative estimate of drug-likeness (QED) is 0.823. The number of hydrogen-bond acceptors (Lipinski definition) is 3. The van der Waals surface area contributed by atoms with E-state index in [1.54, 1.807) is 31.3 Å². The van der Waals surface area contributed by atoms with Gasteiger partial charge in [0.25, 0.3) is 5.91 Å². The van der Waals surface area contributed by atoms with Crippen LogP contribution in [0.4, 0.5) is 0 Å². The second-order valence-electron chi connectivity index (χ2n) is 4.71. The van der Waals surface area contributed by atoms with E-state index in [1.807, 2.05) is 18.4 Å². The van der Waals surface area contributed by atoms with Gasteiger partial charge in [0, 0.05) is 19.2 Å². The molecule has 4 nitrogen and oxygen atoms in total. The van der Waals surface area contributed by atoms with E-state index in [9.17, 15) is 9.59 Å². The fourth-order valence-corrected chi connectivity index (χ4v) is 2.60. The van der Waals surface area contributed by atoms with Crippen molar-refractivity contribution < 1.29 is 9.59 Å². The molecule has 2 heterocycles. The maximum atomic E-state index is 12.6. The van der Waals surface area contributed by atoms with Gasteiger partial charge >= 0.3 is 0 Å². The Morgan fingerprint density at radius 1 is 1.21 bits per heavy atom. The van der Waals surface area contributed by atoms with Gasteiger partial charge in [-0.1, -0.05) is 24.3 Å². The normalized spacial score (nSPS) is 21.8. The summed E-state index contributed by atoms with van der Waals surface area (Å²) in [5, 5.41) is 3.07. The van der Waals surface area contributed by atoms with Crippen LogP contribution in [0.3, 0.4) is 0 Å². The number of Topliss-reactive ketones (excluding diaryl/α,β-unsaturated/α-hetero) is 1. The lowest BCUT2D eigenvalue weighted by Crippen LogP contribution is -2.49. The maximum Gasteiger partial charge on any atom is 0.255 e. The zero-order valence-corrected chi connectivity index (χ0v) is 10.6. The van der Waals surface area contributed by atoms with Crippen molar-refractivity contribution in [2.24, 2.45) is 0 Å². The van der Waals surface area contributed by atoms with Crippen LogP contribution in [0.15, 0.2) is 48.2 Å². The van der Waals surface area contributed by atoms with Crippen LogP contribution in [0.1, 0.15) is 20.7 Å². The Morgan fingerprint density at radius 3 is 2.63 bits per heavy atom. The summed E-state index contributed by atoms with van der Waals surface area (Å²) in [5.74, 6) is -0.114. The monoisotopic (exact) mass is 254 g/mol. The van der Waals surface area contributed by atoms with E-state index in [0.717, 1.165) is 5.57 Å². The third-order valence-electron chi connectivity index (χ3n) is 3.56. The lowest BCUT2D eigenvalue weighted by atomic mass is 9.88. The fraction of sp³-hybridized carbons (Fsp3) is 0.200. The number of carbonyl (C=O) groups excluding carboxylic acids is 2. The topological polar surface area (TPSA) is 49.4 Å². The summed E-state index contributed by atoms with van der Waals surface area (Å²) in [7, 11) is 1.68. The van der Waals surface area contributed by atoms with Crippen molar-refractivity contribution in [3.63, 3.8) is 0 Å². The zero-order chi connectivity index (χ0) is 13.4. The van der Waals surface area contributed by atoms with Crippen molar-refractivity contribution in [1.29, 1.82) is 0 Å². The SMILES string of the molecule is CN1C(=O)c2ccccc2C(=O)C1C1=CC=CNC1. The number of rotatable bonds is 1. The lowest BCUT2D eigenvalue weighted by Gasteiger charge is -2.34. The Bertz CT molecular complexity index is 616. The molecule has 0 bridgehead atoms. The number of nitrogens with one attached hydrogen (secondary N) is 1. The first kappa shape index (κ1) is 11.7. The van der Waals surface area contributed by atoms with E-state index in [0.29, 0.717) is 17.7 Å². The van der Waals surface area contributed by atoms with E-state index in [1.165, 1.54) is 4.90 Å². The number of carbonyl (C=O) groups is 2. The van der Waals surface area contributed by atoms with E-state index < -0.39 is 6.04 Å². The molecular weight excluding hydrogens is 240 g/mol. The Morgan fingerprint density at radius 2 is 1.95 bits per heavy atom. The fourth-order valence-electron chi connectivity index (χ4n) is 2.60. The molecule has 0 spiro atoms. The number of hydrogen-bond donors (Lipinski definition) is 1. The summed E-state index contributed by atoms with van der Waals surface area (Å²) < 4.78 is 0. The van der Waals surface area contributed by atoms with Crippen LogP contribution >= 0.6 is 0 Å². The van der Waals surface area contributed by atoms with Crippen LogP contribution in [0.5, 0.6) is 0 Å². The third-order valence-corrected chi connectivity index (χ3v) is 3.56. The van der Waals surface area contributed by atoms with Crippen LogP contribution in [0.25, 0.3) is 0 Å². The molecule has 1 N–H and O–H groups in total. The minimum absolute atomic E-state index is 0.0129.